The van der Waals surface area contributed by atoms with E-state index in [1.165, 1.54) is 11.1 Å². The van der Waals surface area contributed by atoms with Gasteiger partial charge < -0.3 is 46.4 Å². The van der Waals surface area contributed by atoms with E-state index in [-0.39, 0.29) is 78.9 Å². The number of ether oxygens (including phenoxy) is 1. The highest BCUT2D eigenvalue weighted by Gasteiger charge is 2.47. The number of nitrogens with one attached hydrogen (secondary N) is 6. The second-order valence-corrected chi connectivity index (χ2v) is 21.7. The Kier molecular flexibility index (Phi) is 16.3. The van der Waals surface area contributed by atoms with Crippen LogP contribution < -0.4 is 31.9 Å². The van der Waals surface area contributed by atoms with Crippen molar-refractivity contribution >= 4 is 35.4 Å². The predicted octanol–water partition coefficient (Wildman–Crippen LogP) is 4.67. The number of hydrogen-bond donors (Lipinski definition) is 6. The second-order valence-electron chi connectivity index (χ2n) is 21.7. The Morgan fingerprint density at radius 2 is 1.21 bits per heavy atom. The van der Waals surface area contributed by atoms with E-state index in [0.29, 0.717) is 32.5 Å². The minimum atomic E-state index is -0.913. The largest absolute Gasteiger partial charge is 0.381 e. The topological polar surface area (TPSA) is 190 Å². The summed E-state index contributed by atoms with van der Waals surface area (Å²) in [6.45, 7) is 10.5. The molecule has 3 aliphatic heterocycles. The molecule has 0 aromatic heterocycles. The summed E-state index contributed by atoms with van der Waals surface area (Å²) in [5.41, 5.74) is 6.66. The summed E-state index contributed by atoms with van der Waals surface area (Å²) < 4.78 is 5.70. The van der Waals surface area contributed by atoms with Crippen LogP contribution in [0.15, 0.2) is 66.7 Å². The van der Waals surface area contributed by atoms with E-state index in [0.717, 1.165) is 66.3 Å². The van der Waals surface area contributed by atoms with E-state index in [1.807, 2.05) is 57.2 Å². The zero-order valence-electron chi connectivity index (χ0n) is 42.8. The average molecular weight is 973 g/mol. The molecule has 6 N–H and O–H groups in total. The van der Waals surface area contributed by atoms with E-state index in [1.54, 1.807) is 37.7 Å². The summed E-state index contributed by atoms with van der Waals surface area (Å²) in [6.07, 6.45) is 7.12. The lowest BCUT2D eigenvalue weighted by Crippen LogP contribution is -2.61. The van der Waals surface area contributed by atoms with Gasteiger partial charge in [-0.15, -0.1) is 0 Å². The van der Waals surface area contributed by atoms with Gasteiger partial charge in [0.25, 0.3) is 0 Å². The zero-order chi connectivity index (χ0) is 50.6. The second kappa shape index (κ2) is 22.4. The van der Waals surface area contributed by atoms with E-state index in [4.69, 9.17) is 4.74 Å². The number of carbonyl (C=O) groups is 6. The Morgan fingerprint density at radius 3 is 1.79 bits per heavy atom. The van der Waals surface area contributed by atoms with Crippen LogP contribution in [-0.2, 0) is 59.3 Å². The van der Waals surface area contributed by atoms with Crippen LogP contribution >= 0.6 is 0 Å². The Balaban J connectivity index is 1.12. The molecular weight excluding hydrogens is 897 g/mol. The van der Waals surface area contributed by atoms with Gasteiger partial charge in [-0.05, 0) is 136 Å². The summed E-state index contributed by atoms with van der Waals surface area (Å²) in [6, 6.07) is 17.6. The number of carbonyl (C=O) groups excluding carboxylic acids is 6. The van der Waals surface area contributed by atoms with E-state index < -0.39 is 41.7 Å². The molecule has 2 saturated heterocycles. The number of benzene rings is 3. The number of likely N-dealkylation sites (N-methyl/N-ethyl adjacent to an activating group) is 2. The molecule has 3 heterocycles. The molecule has 15 nitrogen and oxygen atoms in total. The van der Waals surface area contributed by atoms with Gasteiger partial charge in [-0.3, -0.25) is 28.8 Å². The maximum absolute atomic E-state index is 15.3. The van der Waals surface area contributed by atoms with Crippen molar-refractivity contribution < 1.29 is 33.5 Å². The quantitative estimate of drug-likeness (QED) is 0.133. The molecule has 6 amide bonds. The number of nitrogens with zero attached hydrogens (tertiary/aromatic N) is 2. The number of hydrogen-bond acceptors (Lipinski definition) is 9. The third kappa shape index (κ3) is 11.5. The van der Waals surface area contributed by atoms with E-state index >= 15 is 9.59 Å². The van der Waals surface area contributed by atoms with Crippen molar-refractivity contribution in [3.05, 3.63) is 106 Å². The van der Waals surface area contributed by atoms with E-state index in [2.05, 4.69) is 62.2 Å². The Bertz CT molecular complexity index is 2450. The molecule has 0 saturated carbocycles. The maximum Gasteiger partial charge on any atom is 0.246 e. The maximum atomic E-state index is 15.3. The molecule has 8 rings (SSSR count). The normalized spacial score (nSPS) is 24.0. The number of rotatable bonds is 14. The standard InChI is InChI=1S/C56H76N8O7/c1-33(57-6)50(65)61-48(37-24-26-71-27-25-37)54(69)63-31-40-28-38(22-23-39(40)29-46(63)52(67)59-44-20-12-16-35-14-8-10-18-42(35)44)41-30-47(53(68)60-45-21-13-17-36-15-9-11-19-43(36)45)64(32-41)55(70)49(56(3,4)5)62-51(66)34(2)58-7/h8-11,14-15,18-19,22-23,28,33-34,37,41,44-49,57-58H,12-13,16-17,20-21,24-27,29-32H2,1-7H3,(H,59,67)(H,60,68)(H,61,65)(H,62,66)/t33-,34-,41-,44?,45+,46-,47-,48?,49?/m0/s1. The molecule has 382 valence electrons. The van der Waals surface area contributed by atoms with Gasteiger partial charge in [0.05, 0.1) is 24.2 Å². The van der Waals surface area contributed by atoms with Crippen LogP contribution in [-0.4, -0.2) is 115 Å². The first kappa shape index (κ1) is 51.7. The van der Waals surface area contributed by atoms with Gasteiger partial charge in [-0.2, -0.15) is 0 Å². The van der Waals surface area contributed by atoms with Gasteiger partial charge in [-0.1, -0.05) is 87.5 Å². The number of fused-ring (bicyclic) bond motifs is 3. The highest BCUT2D eigenvalue weighted by Crippen LogP contribution is 2.39. The van der Waals surface area contributed by atoms with Crippen molar-refractivity contribution in [3.63, 3.8) is 0 Å². The number of aryl methyl sites for hydroxylation is 2. The highest BCUT2D eigenvalue weighted by molar-refractivity contribution is 5.95. The lowest BCUT2D eigenvalue weighted by Gasteiger charge is -2.41. The van der Waals surface area contributed by atoms with Crippen molar-refractivity contribution in [1.29, 1.82) is 0 Å². The van der Waals surface area contributed by atoms with Crippen LogP contribution in [0.4, 0.5) is 0 Å². The number of amides is 6. The first-order valence-corrected chi connectivity index (χ1v) is 26.1. The van der Waals surface area contributed by atoms with Gasteiger partial charge in [0.1, 0.15) is 24.2 Å². The molecule has 71 heavy (non-hydrogen) atoms. The van der Waals surface area contributed by atoms with Crippen LogP contribution in [0, 0.1) is 11.3 Å². The van der Waals surface area contributed by atoms with Crippen molar-refractivity contribution in [2.45, 2.75) is 160 Å². The van der Waals surface area contributed by atoms with Crippen LogP contribution in [0.25, 0.3) is 0 Å². The van der Waals surface area contributed by atoms with Gasteiger partial charge in [-0.25, -0.2) is 0 Å². The molecule has 3 aromatic carbocycles. The molecule has 0 bridgehead atoms. The molecule has 5 aliphatic rings. The van der Waals surface area contributed by atoms with Gasteiger partial charge in [0, 0.05) is 38.6 Å². The predicted molar refractivity (Wildman–Crippen MR) is 272 cm³/mol. The molecule has 2 aliphatic carbocycles. The molecule has 15 heteroatoms. The summed E-state index contributed by atoms with van der Waals surface area (Å²) in [4.78, 5) is 90.1. The monoisotopic (exact) mass is 973 g/mol. The fourth-order valence-corrected chi connectivity index (χ4v) is 11.5. The lowest BCUT2D eigenvalue weighted by molar-refractivity contribution is -0.147. The zero-order valence-corrected chi connectivity index (χ0v) is 42.8. The third-order valence-electron chi connectivity index (χ3n) is 16.0. The first-order chi connectivity index (χ1) is 34.1. The summed E-state index contributed by atoms with van der Waals surface area (Å²) >= 11 is 0. The van der Waals surface area contributed by atoms with Crippen molar-refractivity contribution in [2.24, 2.45) is 11.3 Å². The Hall–Kier alpha value is -5.64. The van der Waals surface area contributed by atoms with Crippen molar-refractivity contribution in [2.75, 3.05) is 33.9 Å². The third-order valence-corrected chi connectivity index (χ3v) is 16.0. The summed E-state index contributed by atoms with van der Waals surface area (Å²) in [5, 5.41) is 18.8. The van der Waals surface area contributed by atoms with E-state index in [9.17, 15) is 19.2 Å². The first-order valence-electron chi connectivity index (χ1n) is 26.1. The van der Waals surface area contributed by atoms with Crippen LogP contribution in [0.2, 0.25) is 0 Å². The summed E-state index contributed by atoms with van der Waals surface area (Å²) in [7, 11) is 3.40. The minimum absolute atomic E-state index is 0.126. The fraction of sp³-hybridized carbons (Fsp3) is 0.571. The molecule has 3 aromatic rings. The SMILES string of the molecule is CN[C@@H](C)C(=O)NC(C(=O)N1Cc2cc([C@H]3C[C@@H](C(=O)N[C@@H]4CCCc5ccccc54)N(C(=O)C(NC(=O)[C@H](C)NC)C(C)(C)C)C3)ccc2C[C@H]1C(=O)NC1CCCc2ccccc21)C1CCOCC1. The van der Waals surface area contributed by atoms with Crippen LogP contribution in [0.1, 0.15) is 137 Å². The van der Waals surface area contributed by atoms with Gasteiger partial charge in [0.2, 0.25) is 35.4 Å². The van der Waals surface area contributed by atoms with Crippen LogP contribution in [0.5, 0.6) is 0 Å². The van der Waals surface area contributed by atoms with Gasteiger partial charge >= 0.3 is 0 Å². The number of likely N-dealkylation sites (tertiary alicyclic amines) is 1. The molecule has 9 atom stereocenters. The fourth-order valence-electron chi connectivity index (χ4n) is 11.5. The molecule has 0 radical (unpaired) electrons. The highest BCUT2D eigenvalue weighted by atomic mass is 16.5. The van der Waals surface area contributed by atoms with Crippen LogP contribution in [0.3, 0.4) is 0 Å². The molecule has 2 fully saturated rings. The lowest BCUT2D eigenvalue weighted by atomic mass is 9.85. The van der Waals surface area contributed by atoms with Crippen molar-refractivity contribution in [3.8, 4) is 0 Å². The minimum Gasteiger partial charge on any atom is -0.381 e. The Labute approximate surface area is 419 Å². The van der Waals surface area contributed by atoms with Crippen molar-refractivity contribution in [1.82, 2.24) is 41.7 Å². The molecule has 0 spiro atoms. The average Bonchev–Trinajstić information content (AvgIpc) is 3.84. The summed E-state index contributed by atoms with van der Waals surface area (Å²) in [5.74, 6) is -2.16. The molecule has 3 unspecified atom stereocenters. The van der Waals surface area contributed by atoms with Gasteiger partial charge in [0.15, 0.2) is 0 Å². The smallest absolute Gasteiger partial charge is 0.246 e. The molecular formula is C56H76N8O7. The Morgan fingerprint density at radius 1 is 0.648 bits per heavy atom.